The minimum absolute atomic E-state index is 0.0498. The number of hydrogen-bond donors (Lipinski definition) is 1. The molecule has 0 amide bonds. The van der Waals surface area contributed by atoms with Crippen LogP contribution >= 0.6 is 15.9 Å². The van der Waals surface area contributed by atoms with E-state index < -0.39 is 0 Å². The Balaban J connectivity index is 2.41. The maximum atomic E-state index is 13.1. The van der Waals surface area contributed by atoms with Crippen molar-refractivity contribution >= 4 is 15.9 Å². The van der Waals surface area contributed by atoms with E-state index in [2.05, 4.69) is 31.2 Å². The summed E-state index contributed by atoms with van der Waals surface area (Å²) >= 11 is 3.39. The molecule has 0 radical (unpaired) electrons. The van der Waals surface area contributed by atoms with E-state index in [9.17, 15) is 4.39 Å². The molecule has 3 nitrogen and oxygen atoms in total. The highest BCUT2D eigenvalue weighted by Gasteiger charge is 2.16. The predicted molar refractivity (Wildman–Crippen MR) is 71.7 cm³/mol. The first-order valence-electron chi connectivity index (χ1n) is 5.65. The van der Waals surface area contributed by atoms with Gasteiger partial charge in [0.15, 0.2) is 0 Å². The van der Waals surface area contributed by atoms with Gasteiger partial charge in [-0.15, -0.1) is 0 Å². The molecule has 5 heteroatoms. The summed E-state index contributed by atoms with van der Waals surface area (Å²) in [4.78, 5) is 8.04. The molecule has 2 aromatic rings. The van der Waals surface area contributed by atoms with Crippen LogP contribution in [0.3, 0.4) is 0 Å². The number of hydrogen-bond acceptors (Lipinski definition) is 3. The Morgan fingerprint density at radius 1 is 1.33 bits per heavy atom. The van der Waals surface area contributed by atoms with Crippen LogP contribution in [0.4, 0.5) is 4.39 Å². The standard InChI is InChI=1S/C13H13BrFN3/c1-2-18-13(9-6-16-8-17-7-9)11-4-3-10(15)5-12(11)14/h3-8,13,18H,2H2,1H3. The zero-order chi connectivity index (χ0) is 13.0. The number of benzene rings is 1. The normalized spacial score (nSPS) is 12.4. The average molecular weight is 310 g/mol. The third kappa shape index (κ3) is 2.91. The predicted octanol–water partition coefficient (Wildman–Crippen LogP) is 3.08. The minimum Gasteiger partial charge on any atom is -0.306 e. The Bertz CT molecular complexity index is 519. The Kier molecular flexibility index (Phi) is 4.38. The minimum atomic E-state index is -0.259. The number of rotatable bonds is 4. The SMILES string of the molecule is CCNC(c1cncnc1)c1ccc(F)cc1Br. The highest BCUT2D eigenvalue weighted by molar-refractivity contribution is 9.10. The van der Waals surface area contributed by atoms with Crippen LogP contribution < -0.4 is 5.32 Å². The van der Waals surface area contributed by atoms with Crippen molar-refractivity contribution in [2.24, 2.45) is 0 Å². The quantitative estimate of drug-likeness (QED) is 0.943. The number of halogens is 2. The lowest BCUT2D eigenvalue weighted by Crippen LogP contribution is -2.22. The summed E-state index contributed by atoms with van der Waals surface area (Å²) in [5, 5.41) is 3.34. The first kappa shape index (κ1) is 13.1. The fourth-order valence-electron chi connectivity index (χ4n) is 1.81. The summed E-state index contributed by atoms with van der Waals surface area (Å²) in [5.74, 6) is -0.259. The van der Waals surface area contributed by atoms with Crippen molar-refractivity contribution in [2.75, 3.05) is 6.54 Å². The Hall–Kier alpha value is -1.33. The van der Waals surface area contributed by atoms with Gasteiger partial charge in [0.25, 0.3) is 0 Å². The molecule has 1 N–H and O–H groups in total. The smallest absolute Gasteiger partial charge is 0.124 e. The fourth-order valence-corrected chi connectivity index (χ4v) is 2.39. The summed E-state index contributed by atoms with van der Waals surface area (Å²) in [5.41, 5.74) is 1.92. The second kappa shape index (κ2) is 6.02. The van der Waals surface area contributed by atoms with Crippen molar-refractivity contribution < 1.29 is 4.39 Å². The summed E-state index contributed by atoms with van der Waals surface area (Å²) < 4.78 is 13.9. The lowest BCUT2D eigenvalue weighted by atomic mass is 10.0. The summed E-state index contributed by atoms with van der Waals surface area (Å²) in [6.07, 6.45) is 5.01. The van der Waals surface area contributed by atoms with Crippen molar-refractivity contribution in [1.29, 1.82) is 0 Å². The van der Waals surface area contributed by atoms with Gasteiger partial charge in [-0.3, -0.25) is 0 Å². The summed E-state index contributed by atoms with van der Waals surface area (Å²) in [6, 6.07) is 4.63. The van der Waals surface area contributed by atoms with Crippen LogP contribution in [-0.4, -0.2) is 16.5 Å². The Labute approximate surface area is 114 Å². The molecular weight excluding hydrogens is 297 g/mol. The number of nitrogens with zero attached hydrogens (tertiary/aromatic N) is 2. The topological polar surface area (TPSA) is 37.8 Å². The van der Waals surface area contributed by atoms with E-state index in [-0.39, 0.29) is 11.9 Å². The molecule has 0 spiro atoms. The molecule has 1 aromatic heterocycles. The Morgan fingerprint density at radius 3 is 2.67 bits per heavy atom. The molecule has 1 aromatic carbocycles. The van der Waals surface area contributed by atoms with E-state index in [0.29, 0.717) is 0 Å². The molecule has 0 aliphatic heterocycles. The molecule has 0 fully saturated rings. The highest BCUT2D eigenvalue weighted by Crippen LogP contribution is 2.28. The van der Waals surface area contributed by atoms with Gasteiger partial charge in [0.2, 0.25) is 0 Å². The van der Waals surface area contributed by atoms with Gasteiger partial charge in [0.1, 0.15) is 12.1 Å². The van der Waals surface area contributed by atoms with Gasteiger partial charge in [0.05, 0.1) is 6.04 Å². The van der Waals surface area contributed by atoms with Gasteiger partial charge in [-0.1, -0.05) is 28.9 Å². The van der Waals surface area contributed by atoms with Crippen molar-refractivity contribution in [1.82, 2.24) is 15.3 Å². The second-order valence-corrected chi connectivity index (χ2v) is 4.68. The first-order valence-corrected chi connectivity index (χ1v) is 6.45. The van der Waals surface area contributed by atoms with E-state index in [4.69, 9.17) is 0 Å². The second-order valence-electron chi connectivity index (χ2n) is 3.83. The first-order chi connectivity index (χ1) is 8.72. The van der Waals surface area contributed by atoms with Gasteiger partial charge < -0.3 is 5.32 Å². The monoisotopic (exact) mass is 309 g/mol. The van der Waals surface area contributed by atoms with Crippen LogP contribution in [0.25, 0.3) is 0 Å². The summed E-state index contributed by atoms with van der Waals surface area (Å²) in [7, 11) is 0. The van der Waals surface area contributed by atoms with Gasteiger partial charge in [-0.2, -0.15) is 0 Å². The maximum Gasteiger partial charge on any atom is 0.124 e. The molecule has 2 rings (SSSR count). The van der Waals surface area contributed by atoms with Crippen LogP contribution in [0, 0.1) is 5.82 Å². The fraction of sp³-hybridized carbons (Fsp3) is 0.231. The van der Waals surface area contributed by atoms with E-state index in [0.717, 1.165) is 22.1 Å². The zero-order valence-corrected chi connectivity index (χ0v) is 11.5. The Morgan fingerprint density at radius 2 is 2.06 bits per heavy atom. The number of aromatic nitrogens is 2. The van der Waals surface area contributed by atoms with Crippen molar-refractivity contribution in [3.8, 4) is 0 Å². The van der Waals surface area contributed by atoms with Gasteiger partial charge in [-0.25, -0.2) is 14.4 Å². The highest BCUT2D eigenvalue weighted by atomic mass is 79.9. The van der Waals surface area contributed by atoms with Crippen molar-refractivity contribution in [3.05, 3.63) is 58.3 Å². The molecule has 0 saturated heterocycles. The van der Waals surface area contributed by atoms with E-state index >= 15 is 0 Å². The molecule has 18 heavy (non-hydrogen) atoms. The maximum absolute atomic E-state index is 13.1. The summed E-state index contributed by atoms with van der Waals surface area (Å²) in [6.45, 7) is 2.82. The molecule has 0 aliphatic rings. The van der Waals surface area contributed by atoms with Crippen LogP contribution in [0.5, 0.6) is 0 Å². The van der Waals surface area contributed by atoms with Crippen LogP contribution in [0.2, 0.25) is 0 Å². The average Bonchev–Trinajstić information content (AvgIpc) is 2.38. The molecule has 0 aliphatic carbocycles. The number of nitrogens with one attached hydrogen (secondary N) is 1. The van der Waals surface area contributed by atoms with E-state index in [1.54, 1.807) is 18.5 Å². The molecule has 1 atom stereocenters. The van der Waals surface area contributed by atoms with E-state index in [1.165, 1.54) is 18.5 Å². The van der Waals surface area contributed by atoms with Crippen LogP contribution in [-0.2, 0) is 0 Å². The zero-order valence-electron chi connectivity index (χ0n) is 9.90. The molecule has 94 valence electrons. The molecule has 1 heterocycles. The van der Waals surface area contributed by atoms with Crippen LogP contribution in [0.1, 0.15) is 24.1 Å². The van der Waals surface area contributed by atoms with E-state index in [1.807, 2.05) is 6.92 Å². The van der Waals surface area contributed by atoms with Gasteiger partial charge in [0, 0.05) is 22.4 Å². The molecular formula is C13H13BrFN3. The lowest BCUT2D eigenvalue weighted by Gasteiger charge is -2.19. The van der Waals surface area contributed by atoms with Crippen LogP contribution in [0.15, 0.2) is 41.4 Å². The molecule has 1 unspecified atom stereocenters. The van der Waals surface area contributed by atoms with Gasteiger partial charge >= 0.3 is 0 Å². The van der Waals surface area contributed by atoms with Gasteiger partial charge in [-0.05, 0) is 24.2 Å². The third-order valence-corrected chi connectivity index (χ3v) is 3.28. The van der Waals surface area contributed by atoms with Crippen molar-refractivity contribution in [3.63, 3.8) is 0 Å². The largest absolute Gasteiger partial charge is 0.306 e. The lowest BCUT2D eigenvalue weighted by molar-refractivity contribution is 0.608. The molecule has 0 bridgehead atoms. The molecule has 0 saturated carbocycles. The van der Waals surface area contributed by atoms with Crippen molar-refractivity contribution in [2.45, 2.75) is 13.0 Å². The third-order valence-electron chi connectivity index (χ3n) is 2.60.